The van der Waals surface area contributed by atoms with Crippen LogP contribution >= 0.6 is 23.1 Å². The fraction of sp³-hybridized carbons (Fsp3) is 0.500. The molecule has 2 heterocycles. The fourth-order valence-electron chi connectivity index (χ4n) is 2.44. The van der Waals surface area contributed by atoms with Crippen molar-refractivity contribution in [2.75, 3.05) is 0 Å². The zero-order valence-corrected chi connectivity index (χ0v) is 13.3. The van der Waals surface area contributed by atoms with Gasteiger partial charge in [0, 0.05) is 6.54 Å². The van der Waals surface area contributed by atoms with Crippen molar-refractivity contribution in [1.29, 1.82) is 0 Å². The average molecular weight is 307 g/mol. The Balaban J connectivity index is 1.93. The molecule has 0 N–H and O–H groups in total. The van der Waals surface area contributed by atoms with Crippen LogP contribution < -0.4 is 0 Å². The first-order valence-electron chi connectivity index (χ1n) is 6.83. The Hall–Kier alpha value is -1.14. The first kappa shape index (κ1) is 13.8. The third-order valence-electron chi connectivity index (χ3n) is 3.86. The predicted octanol–water partition coefficient (Wildman–Crippen LogP) is 3.63. The van der Waals surface area contributed by atoms with Gasteiger partial charge in [-0.05, 0) is 44.6 Å². The summed E-state index contributed by atoms with van der Waals surface area (Å²) in [6.07, 6.45) is 3.04. The highest BCUT2D eigenvalue weighted by Crippen LogP contribution is 2.48. The molecule has 0 unspecified atom stereocenters. The minimum absolute atomic E-state index is 0.257. The number of ketones is 1. The van der Waals surface area contributed by atoms with Gasteiger partial charge < -0.3 is 4.57 Å². The lowest BCUT2D eigenvalue weighted by Crippen LogP contribution is -2.40. The van der Waals surface area contributed by atoms with E-state index in [1.807, 2.05) is 11.4 Å². The summed E-state index contributed by atoms with van der Waals surface area (Å²) in [5, 5.41) is 11.6. The van der Waals surface area contributed by atoms with Crippen molar-refractivity contribution in [2.24, 2.45) is 0 Å². The molecule has 1 aliphatic rings. The molecule has 0 amide bonds. The third kappa shape index (κ3) is 2.20. The van der Waals surface area contributed by atoms with E-state index in [1.165, 1.54) is 0 Å². The Morgan fingerprint density at radius 2 is 2.30 bits per heavy atom. The second kappa shape index (κ2) is 5.33. The molecule has 0 aromatic carbocycles. The van der Waals surface area contributed by atoms with Crippen LogP contribution in [0.25, 0.3) is 10.7 Å². The first-order valence-corrected chi connectivity index (χ1v) is 8.53. The van der Waals surface area contributed by atoms with Crippen LogP contribution in [0.5, 0.6) is 0 Å². The number of aromatic nitrogens is 3. The Morgan fingerprint density at radius 1 is 1.50 bits per heavy atom. The average Bonchev–Trinajstić information content (AvgIpc) is 3.01. The number of carbonyl (C=O) groups is 1. The fourth-order valence-corrected chi connectivity index (χ4v) is 4.55. The van der Waals surface area contributed by atoms with Gasteiger partial charge in [0.25, 0.3) is 0 Å². The molecule has 2 aromatic rings. The molecule has 0 atom stereocenters. The molecule has 3 rings (SSSR count). The van der Waals surface area contributed by atoms with Crippen LogP contribution in [0, 0.1) is 0 Å². The highest BCUT2D eigenvalue weighted by molar-refractivity contribution is 8.01. The smallest absolute Gasteiger partial charge is 0.192 e. The molecule has 4 nitrogen and oxygen atoms in total. The molecule has 1 aliphatic carbocycles. The number of hydrogen-bond acceptors (Lipinski definition) is 5. The van der Waals surface area contributed by atoms with Crippen molar-refractivity contribution >= 4 is 28.9 Å². The number of carbonyl (C=O) groups excluding carboxylic acids is 1. The highest BCUT2D eigenvalue weighted by Gasteiger charge is 2.44. The van der Waals surface area contributed by atoms with E-state index in [-0.39, 0.29) is 10.5 Å². The second-order valence-corrected chi connectivity index (χ2v) is 7.33. The molecule has 0 aliphatic heterocycles. The Kier molecular flexibility index (Phi) is 3.69. The molecule has 106 valence electrons. The summed E-state index contributed by atoms with van der Waals surface area (Å²) < 4.78 is 1.85. The molecule has 0 radical (unpaired) electrons. The Labute approximate surface area is 126 Å². The van der Waals surface area contributed by atoms with E-state index in [4.69, 9.17) is 0 Å². The van der Waals surface area contributed by atoms with E-state index in [1.54, 1.807) is 30.0 Å². The lowest BCUT2D eigenvalue weighted by Gasteiger charge is -2.38. The number of thioether (sulfide) groups is 1. The van der Waals surface area contributed by atoms with Gasteiger partial charge in [-0.15, -0.1) is 21.5 Å². The van der Waals surface area contributed by atoms with Crippen LogP contribution in [0.15, 0.2) is 22.7 Å². The lowest BCUT2D eigenvalue weighted by atomic mass is 9.81. The SMILES string of the molecule is CCn1c(SC2(C(C)=O)CCC2)nnc1-c1cccs1. The molecule has 6 heteroatoms. The molecule has 1 fully saturated rings. The van der Waals surface area contributed by atoms with Gasteiger partial charge in [0.2, 0.25) is 0 Å². The highest BCUT2D eigenvalue weighted by atomic mass is 32.2. The summed E-state index contributed by atoms with van der Waals surface area (Å²) in [4.78, 5) is 13.0. The summed E-state index contributed by atoms with van der Waals surface area (Å²) in [5.41, 5.74) is 0. The minimum Gasteiger partial charge on any atom is -0.302 e. The van der Waals surface area contributed by atoms with E-state index >= 15 is 0 Å². The van der Waals surface area contributed by atoms with Crippen molar-refractivity contribution in [1.82, 2.24) is 14.8 Å². The van der Waals surface area contributed by atoms with Crippen molar-refractivity contribution in [3.05, 3.63) is 17.5 Å². The second-order valence-electron chi connectivity index (χ2n) is 5.03. The van der Waals surface area contributed by atoms with Gasteiger partial charge in [0.05, 0.1) is 9.62 Å². The quantitative estimate of drug-likeness (QED) is 0.846. The zero-order valence-electron chi connectivity index (χ0n) is 11.6. The maximum Gasteiger partial charge on any atom is 0.192 e. The van der Waals surface area contributed by atoms with Crippen LogP contribution in [0.2, 0.25) is 0 Å². The number of Topliss-reactive ketones (excluding diaryl/α,β-unsaturated/α-hetero) is 1. The van der Waals surface area contributed by atoms with Crippen molar-refractivity contribution in [2.45, 2.75) is 49.6 Å². The Morgan fingerprint density at radius 3 is 2.80 bits per heavy atom. The van der Waals surface area contributed by atoms with Gasteiger partial charge in [0.15, 0.2) is 11.0 Å². The van der Waals surface area contributed by atoms with Gasteiger partial charge >= 0.3 is 0 Å². The van der Waals surface area contributed by atoms with Gasteiger partial charge in [-0.25, -0.2) is 0 Å². The van der Waals surface area contributed by atoms with E-state index in [0.717, 1.165) is 41.7 Å². The molecule has 0 spiro atoms. The maximum absolute atomic E-state index is 11.9. The molecule has 2 aromatic heterocycles. The Bertz CT molecular complexity index is 614. The topological polar surface area (TPSA) is 47.8 Å². The summed E-state index contributed by atoms with van der Waals surface area (Å²) in [6, 6.07) is 4.07. The molecule has 1 saturated carbocycles. The monoisotopic (exact) mass is 307 g/mol. The standard InChI is InChI=1S/C14H17N3OS2/c1-3-17-12(11-6-4-9-19-11)15-16-13(17)20-14(10(2)18)7-5-8-14/h4,6,9H,3,5,7-8H2,1-2H3. The lowest BCUT2D eigenvalue weighted by molar-refractivity contribution is -0.121. The molecular weight excluding hydrogens is 290 g/mol. The maximum atomic E-state index is 11.9. The number of rotatable bonds is 5. The number of hydrogen-bond donors (Lipinski definition) is 0. The summed E-state index contributed by atoms with van der Waals surface area (Å²) in [7, 11) is 0. The van der Waals surface area contributed by atoms with Crippen molar-refractivity contribution < 1.29 is 4.79 Å². The van der Waals surface area contributed by atoms with Crippen LogP contribution in [-0.2, 0) is 11.3 Å². The molecule has 20 heavy (non-hydrogen) atoms. The predicted molar refractivity (Wildman–Crippen MR) is 82.1 cm³/mol. The van der Waals surface area contributed by atoms with E-state index in [2.05, 4.69) is 27.8 Å². The van der Waals surface area contributed by atoms with Gasteiger partial charge in [-0.3, -0.25) is 4.79 Å². The molecule has 0 saturated heterocycles. The van der Waals surface area contributed by atoms with E-state index in [9.17, 15) is 4.79 Å². The van der Waals surface area contributed by atoms with Gasteiger partial charge in [0.1, 0.15) is 5.78 Å². The summed E-state index contributed by atoms with van der Waals surface area (Å²) in [5.74, 6) is 1.17. The number of nitrogens with zero attached hydrogens (tertiary/aromatic N) is 3. The zero-order chi connectivity index (χ0) is 14.2. The van der Waals surface area contributed by atoms with Crippen molar-refractivity contribution in [3.63, 3.8) is 0 Å². The summed E-state index contributed by atoms with van der Waals surface area (Å²) >= 11 is 3.26. The molecule has 0 bridgehead atoms. The van der Waals surface area contributed by atoms with Crippen molar-refractivity contribution in [3.8, 4) is 10.7 Å². The van der Waals surface area contributed by atoms with E-state index in [0.29, 0.717) is 0 Å². The van der Waals surface area contributed by atoms with Gasteiger partial charge in [-0.1, -0.05) is 17.8 Å². The normalized spacial score (nSPS) is 16.9. The summed E-state index contributed by atoms with van der Waals surface area (Å²) in [6.45, 7) is 4.60. The first-order chi connectivity index (χ1) is 9.66. The molecular formula is C14H17N3OS2. The largest absolute Gasteiger partial charge is 0.302 e. The van der Waals surface area contributed by atoms with Crippen LogP contribution in [0.3, 0.4) is 0 Å². The van der Waals surface area contributed by atoms with Crippen LogP contribution in [0.1, 0.15) is 33.1 Å². The number of thiophene rings is 1. The minimum atomic E-state index is -0.257. The van der Waals surface area contributed by atoms with E-state index < -0.39 is 0 Å². The van der Waals surface area contributed by atoms with Gasteiger partial charge in [-0.2, -0.15) is 0 Å². The third-order valence-corrected chi connectivity index (χ3v) is 6.30. The van der Waals surface area contributed by atoms with Crippen LogP contribution in [-0.4, -0.2) is 25.3 Å². The van der Waals surface area contributed by atoms with Crippen LogP contribution in [0.4, 0.5) is 0 Å².